The van der Waals surface area contributed by atoms with Gasteiger partial charge in [0, 0.05) is 24.4 Å². The minimum Gasteiger partial charge on any atom is -0.494 e. The van der Waals surface area contributed by atoms with Crippen molar-refractivity contribution in [3.8, 4) is 5.75 Å². The summed E-state index contributed by atoms with van der Waals surface area (Å²) in [5, 5.41) is 6.55. The van der Waals surface area contributed by atoms with Crippen LogP contribution in [0.25, 0.3) is 0 Å². The first-order valence-electron chi connectivity index (χ1n) is 12.1. The first-order chi connectivity index (χ1) is 16.0. The number of likely N-dealkylation sites (tertiary alicyclic amines) is 1. The van der Waals surface area contributed by atoms with E-state index in [9.17, 15) is 9.59 Å². The zero-order chi connectivity index (χ0) is 23.5. The highest BCUT2D eigenvalue weighted by atomic mass is 16.5. The Balaban J connectivity index is 1.46. The van der Waals surface area contributed by atoms with E-state index in [0.717, 1.165) is 62.3 Å². The largest absolute Gasteiger partial charge is 0.494 e. The molecule has 33 heavy (non-hydrogen) atoms. The molecular formula is C27H37N3O3. The molecule has 2 aromatic rings. The van der Waals surface area contributed by atoms with Gasteiger partial charge in [0.15, 0.2) is 5.78 Å². The predicted octanol–water partition coefficient (Wildman–Crippen LogP) is 5.36. The van der Waals surface area contributed by atoms with Crippen LogP contribution in [0.3, 0.4) is 0 Å². The van der Waals surface area contributed by atoms with Crippen LogP contribution >= 0.6 is 0 Å². The first kappa shape index (κ1) is 24.8. The number of hydrogen-bond acceptors (Lipinski definition) is 5. The van der Waals surface area contributed by atoms with Crippen molar-refractivity contribution in [1.29, 1.82) is 0 Å². The van der Waals surface area contributed by atoms with E-state index in [1.54, 1.807) is 12.1 Å². The fourth-order valence-electron chi connectivity index (χ4n) is 3.95. The van der Waals surface area contributed by atoms with Crippen LogP contribution in [0.5, 0.6) is 5.75 Å². The van der Waals surface area contributed by atoms with Gasteiger partial charge in [0.05, 0.1) is 18.0 Å². The molecule has 0 atom stereocenters. The van der Waals surface area contributed by atoms with Crippen LogP contribution in [0, 0.1) is 0 Å². The Bertz CT molecular complexity index is 890. The first-order valence-corrected chi connectivity index (χ1v) is 12.1. The number of unbranched alkanes of at least 4 members (excludes halogenated alkanes) is 2. The summed E-state index contributed by atoms with van der Waals surface area (Å²) >= 11 is 0. The van der Waals surface area contributed by atoms with Gasteiger partial charge < -0.3 is 20.3 Å². The number of ether oxygens (including phenoxy) is 1. The maximum atomic E-state index is 12.5. The van der Waals surface area contributed by atoms with Gasteiger partial charge in [-0.2, -0.15) is 0 Å². The quantitative estimate of drug-likeness (QED) is 0.336. The predicted molar refractivity (Wildman–Crippen MR) is 134 cm³/mol. The van der Waals surface area contributed by atoms with E-state index in [-0.39, 0.29) is 24.5 Å². The Morgan fingerprint density at radius 1 is 0.970 bits per heavy atom. The molecule has 1 heterocycles. The number of para-hydroxylation sites is 2. The third-order valence-electron chi connectivity index (χ3n) is 6.05. The molecule has 178 valence electrons. The van der Waals surface area contributed by atoms with E-state index < -0.39 is 0 Å². The second-order valence-electron chi connectivity index (χ2n) is 8.82. The summed E-state index contributed by atoms with van der Waals surface area (Å²) in [6, 6.07) is 15.4. The Kier molecular flexibility index (Phi) is 9.76. The average molecular weight is 452 g/mol. The number of amides is 1. The van der Waals surface area contributed by atoms with Crippen molar-refractivity contribution in [2.24, 2.45) is 0 Å². The van der Waals surface area contributed by atoms with E-state index in [1.807, 2.05) is 36.4 Å². The Labute approximate surface area is 197 Å². The van der Waals surface area contributed by atoms with Gasteiger partial charge in [-0.1, -0.05) is 31.9 Å². The van der Waals surface area contributed by atoms with Gasteiger partial charge in [0.2, 0.25) is 5.91 Å². The lowest BCUT2D eigenvalue weighted by molar-refractivity contribution is -0.116. The third kappa shape index (κ3) is 8.21. The van der Waals surface area contributed by atoms with E-state index in [0.29, 0.717) is 18.2 Å². The van der Waals surface area contributed by atoms with Gasteiger partial charge in [-0.05, 0) is 75.8 Å². The second-order valence-corrected chi connectivity index (χ2v) is 8.82. The standard InChI is InChI=1S/C27H37N3O3/c1-3-4-7-20-33-23-12-10-21(11-13-23)26(31)14-15-27(32)29-25-9-6-5-8-24(25)28-22-16-18-30(2)19-17-22/h5-6,8-13,22,28H,3-4,7,14-20H2,1-2H3,(H,29,32). The molecule has 0 bridgehead atoms. The van der Waals surface area contributed by atoms with Crippen molar-refractivity contribution in [3.63, 3.8) is 0 Å². The maximum Gasteiger partial charge on any atom is 0.224 e. The van der Waals surface area contributed by atoms with Crippen LogP contribution in [0.15, 0.2) is 48.5 Å². The van der Waals surface area contributed by atoms with Crippen molar-refractivity contribution in [3.05, 3.63) is 54.1 Å². The molecule has 3 rings (SSSR count). The summed E-state index contributed by atoms with van der Waals surface area (Å²) in [4.78, 5) is 27.4. The van der Waals surface area contributed by atoms with Crippen LogP contribution in [0.2, 0.25) is 0 Å². The molecule has 1 fully saturated rings. The summed E-state index contributed by atoms with van der Waals surface area (Å²) < 4.78 is 5.69. The lowest BCUT2D eigenvalue weighted by Gasteiger charge is -2.30. The van der Waals surface area contributed by atoms with Crippen molar-refractivity contribution in [2.45, 2.75) is 57.9 Å². The summed E-state index contributed by atoms with van der Waals surface area (Å²) in [6.07, 6.45) is 5.82. The topological polar surface area (TPSA) is 70.7 Å². The van der Waals surface area contributed by atoms with Crippen LogP contribution < -0.4 is 15.4 Å². The van der Waals surface area contributed by atoms with E-state index in [4.69, 9.17) is 4.74 Å². The summed E-state index contributed by atoms with van der Waals surface area (Å²) in [5.74, 6) is 0.575. The molecule has 1 amide bonds. The van der Waals surface area contributed by atoms with Crippen molar-refractivity contribution in [1.82, 2.24) is 4.90 Å². The molecule has 0 spiro atoms. The number of carbonyl (C=O) groups excluding carboxylic acids is 2. The minimum atomic E-state index is -0.156. The zero-order valence-corrected chi connectivity index (χ0v) is 19.9. The maximum absolute atomic E-state index is 12.5. The molecule has 0 aliphatic carbocycles. The Morgan fingerprint density at radius 3 is 2.36 bits per heavy atom. The number of hydrogen-bond donors (Lipinski definition) is 2. The Morgan fingerprint density at radius 2 is 1.67 bits per heavy atom. The minimum absolute atomic E-state index is 0.0413. The zero-order valence-electron chi connectivity index (χ0n) is 19.9. The van der Waals surface area contributed by atoms with Crippen LogP contribution in [-0.2, 0) is 4.79 Å². The number of ketones is 1. The normalized spacial score (nSPS) is 14.6. The van der Waals surface area contributed by atoms with Crippen LogP contribution in [0.4, 0.5) is 11.4 Å². The molecule has 0 aromatic heterocycles. The highest BCUT2D eigenvalue weighted by Crippen LogP contribution is 2.25. The molecule has 1 aliphatic rings. The van der Waals surface area contributed by atoms with Crippen molar-refractivity contribution in [2.75, 3.05) is 37.4 Å². The van der Waals surface area contributed by atoms with Gasteiger partial charge in [0.1, 0.15) is 5.75 Å². The lowest BCUT2D eigenvalue weighted by Crippen LogP contribution is -2.36. The van der Waals surface area contributed by atoms with E-state index in [1.165, 1.54) is 0 Å². The Hall–Kier alpha value is -2.86. The molecule has 2 N–H and O–H groups in total. The van der Waals surface area contributed by atoms with Crippen molar-refractivity contribution >= 4 is 23.1 Å². The fraction of sp³-hybridized carbons (Fsp3) is 0.481. The second kappa shape index (κ2) is 13.0. The highest BCUT2D eigenvalue weighted by molar-refractivity contribution is 6.00. The smallest absolute Gasteiger partial charge is 0.224 e. The lowest BCUT2D eigenvalue weighted by atomic mass is 10.0. The number of benzene rings is 2. The molecule has 0 unspecified atom stereocenters. The van der Waals surface area contributed by atoms with Gasteiger partial charge >= 0.3 is 0 Å². The summed E-state index contributed by atoms with van der Waals surface area (Å²) in [5.41, 5.74) is 2.30. The fourth-order valence-corrected chi connectivity index (χ4v) is 3.95. The average Bonchev–Trinajstić information content (AvgIpc) is 2.83. The molecule has 1 aliphatic heterocycles. The number of piperidine rings is 1. The third-order valence-corrected chi connectivity index (χ3v) is 6.05. The highest BCUT2D eigenvalue weighted by Gasteiger charge is 2.18. The number of nitrogens with one attached hydrogen (secondary N) is 2. The number of rotatable bonds is 12. The van der Waals surface area contributed by atoms with Crippen LogP contribution in [0.1, 0.15) is 62.2 Å². The number of nitrogens with zero attached hydrogens (tertiary/aromatic N) is 1. The van der Waals surface area contributed by atoms with E-state index in [2.05, 4.69) is 29.5 Å². The molecule has 6 heteroatoms. The van der Waals surface area contributed by atoms with Gasteiger partial charge in [-0.3, -0.25) is 9.59 Å². The number of Topliss-reactive ketones (excluding diaryl/α,β-unsaturated/α-hetero) is 1. The molecular weight excluding hydrogens is 414 g/mol. The van der Waals surface area contributed by atoms with Gasteiger partial charge in [-0.15, -0.1) is 0 Å². The summed E-state index contributed by atoms with van der Waals surface area (Å²) in [7, 11) is 2.14. The molecule has 0 radical (unpaired) electrons. The molecule has 0 saturated carbocycles. The van der Waals surface area contributed by atoms with E-state index >= 15 is 0 Å². The molecule has 2 aromatic carbocycles. The molecule has 6 nitrogen and oxygen atoms in total. The number of anilines is 2. The van der Waals surface area contributed by atoms with Crippen LogP contribution in [-0.4, -0.2) is 49.4 Å². The monoisotopic (exact) mass is 451 g/mol. The van der Waals surface area contributed by atoms with Gasteiger partial charge in [-0.25, -0.2) is 0 Å². The van der Waals surface area contributed by atoms with Crippen molar-refractivity contribution < 1.29 is 14.3 Å². The number of carbonyl (C=O) groups is 2. The molecule has 1 saturated heterocycles. The summed E-state index contributed by atoms with van der Waals surface area (Å²) in [6.45, 7) is 4.99. The van der Waals surface area contributed by atoms with Gasteiger partial charge in [0.25, 0.3) is 0 Å². The SMILES string of the molecule is CCCCCOc1ccc(C(=O)CCC(=O)Nc2ccccc2NC2CCN(C)CC2)cc1.